The lowest BCUT2D eigenvalue weighted by Crippen LogP contribution is -2.42. The van der Waals surface area contributed by atoms with Crippen molar-refractivity contribution >= 4 is 22.0 Å². The van der Waals surface area contributed by atoms with Crippen LogP contribution in [0, 0.1) is 5.92 Å². The molecule has 0 aromatic heterocycles. The fourth-order valence-corrected chi connectivity index (χ4v) is 2.80. The summed E-state index contributed by atoms with van der Waals surface area (Å²) in [6.07, 6.45) is 5.87. The van der Waals surface area contributed by atoms with Gasteiger partial charge in [0.05, 0.1) is 0 Å². The van der Waals surface area contributed by atoms with Gasteiger partial charge in [-0.15, -0.1) is 0 Å². The lowest BCUT2D eigenvalue weighted by Gasteiger charge is -2.34. The Kier molecular flexibility index (Phi) is 6.64. The summed E-state index contributed by atoms with van der Waals surface area (Å²) in [5, 5.41) is 0. The Bertz CT molecular complexity index is 286. The summed E-state index contributed by atoms with van der Waals surface area (Å²) in [4.78, 5) is 14.5. The van der Waals surface area contributed by atoms with E-state index < -0.39 is 5.60 Å². The Balaban J connectivity index is 2.35. The second kappa shape index (κ2) is 7.51. The molecule has 2 unspecified atom stereocenters. The van der Waals surface area contributed by atoms with Crippen molar-refractivity contribution in [1.82, 2.24) is 4.90 Å². The van der Waals surface area contributed by atoms with Crippen LogP contribution in [0.2, 0.25) is 0 Å². The molecule has 19 heavy (non-hydrogen) atoms. The zero-order valence-corrected chi connectivity index (χ0v) is 14.3. The average Bonchev–Trinajstić information content (AvgIpc) is 2.26. The minimum absolute atomic E-state index is 0.147. The Morgan fingerprint density at radius 3 is 2.74 bits per heavy atom. The summed E-state index contributed by atoms with van der Waals surface area (Å²) < 4.78 is 5.45. The third-order valence-electron chi connectivity index (χ3n) is 3.38. The third-order valence-corrected chi connectivity index (χ3v) is 3.84. The first kappa shape index (κ1) is 16.8. The first-order valence-corrected chi connectivity index (χ1v) is 8.31. The van der Waals surface area contributed by atoms with Crippen LogP contribution in [-0.2, 0) is 4.74 Å². The highest BCUT2D eigenvalue weighted by Crippen LogP contribution is 2.24. The maximum absolute atomic E-state index is 12.0. The largest absolute Gasteiger partial charge is 0.444 e. The van der Waals surface area contributed by atoms with E-state index in [2.05, 4.69) is 22.9 Å². The van der Waals surface area contributed by atoms with Gasteiger partial charge in [-0.25, -0.2) is 4.79 Å². The van der Waals surface area contributed by atoms with Gasteiger partial charge >= 0.3 is 6.09 Å². The molecule has 0 N–H and O–H groups in total. The molecule has 0 spiro atoms. The standard InChI is InChI=1S/C15H28BrNO2/c1-12(16)7-5-8-13-9-6-10-17(11-13)14(18)19-15(2,3)4/h12-13H,5-11H2,1-4H3. The van der Waals surface area contributed by atoms with Gasteiger partial charge in [0.1, 0.15) is 5.60 Å². The molecule has 1 rings (SSSR count). The van der Waals surface area contributed by atoms with Crippen LogP contribution in [0.3, 0.4) is 0 Å². The second-order valence-electron chi connectivity index (χ2n) is 6.65. The van der Waals surface area contributed by atoms with Crippen molar-refractivity contribution in [3.8, 4) is 0 Å². The summed E-state index contributed by atoms with van der Waals surface area (Å²) in [5.41, 5.74) is -0.393. The molecule has 1 fully saturated rings. The molecular weight excluding hydrogens is 306 g/mol. The van der Waals surface area contributed by atoms with E-state index in [4.69, 9.17) is 4.74 Å². The van der Waals surface area contributed by atoms with Crippen molar-refractivity contribution in [3.05, 3.63) is 0 Å². The highest BCUT2D eigenvalue weighted by Gasteiger charge is 2.27. The molecule has 1 amide bonds. The summed E-state index contributed by atoms with van der Waals surface area (Å²) in [7, 11) is 0. The Morgan fingerprint density at radius 1 is 1.47 bits per heavy atom. The fraction of sp³-hybridized carbons (Fsp3) is 0.933. The van der Waals surface area contributed by atoms with E-state index in [0.29, 0.717) is 10.7 Å². The van der Waals surface area contributed by atoms with Gasteiger partial charge in [-0.1, -0.05) is 29.3 Å². The quantitative estimate of drug-likeness (QED) is 0.704. The molecule has 1 heterocycles. The minimum Gasteiger partial charge on any atom is -0.444 e. The lowest BCUT2D eigenvalue weighted by molar-refractivity contribution is 0.0160. The summed E-state index contributed by atoms with van der Waals surface area (Å²) >= 11 is 3.58. The van der Waals surface area contributed by atoms with Crippen LogP contribution >= 0.6 is 15.9 Å². The van der Waals surface area contributed by atoms with Gasteiger partial charge in [0.15, 0.2) is 0 Å². The van der Waals surface area contributed by atoms with E-state index in [1.807, 2.05) is 25.7 Å². The number of likely N-dealkylation sites (tertiary alicyclic amines) is 1. The SMILES string of the molecule is CC(Br)CCCC1CCCN(C(=O)OC(C)(C)C)C1. The maximum Gasteiger partial charge on any atom is 0.410 e. The number of amides is 1. The first-order chi connectivity index (χ1) is 8.78. The molecule has 1 saturated heterocycles. The van der Waals surface area contributed by atoms with Crippen LogP contribution in [-0.4, -0.2) is 34.5 Å². The van der Waals surface area contributed by atoms with Crippen molar-refractivity contribution in [3.63, 3.8) is 0 Å². The van der Waals surface area contributed by atoms with Gasteiger partial charge in [-0.3, -0.25) is 0 Å². The third kappa shape index (κ3) is 7.19. The molecule has 1 aliphatic heterocycles. The molecule has 0 saturated carbocycles. The molecule has 0 aliphatic carbocycles. The number of ether oxygens (including phenoxy) is 1. The molecule has 2 atom stereocenters. The molecule has 0 aromatic carbocycles. The van der Waals surface area contributed by atoms with Gasteiger partial charge in [-0.05, 0) is 52.4 Å². The van der Waals surface area contributed by atoms with Crippen molar-refractivity contribution in [2.45, 2.75) is 70.2 Å². The van der Waals surface area contributed by atoms with Crippen molar-refractivity contribution in [1.29, 1.82) is 0 Å². The van der Waals surface area contributed by atoms with Gasteiger partial charge in [0.2, 0.25) is 0 Å². The topological polar surface area (TPSA) is 29.5 Å². The number of hydrogen-bond acceptors (Lipinski definition) is 2. The zero-order valence-electron chi connectivity index (χ0n) is 12.7. The molecule has 0 bridgehead atoms. The van der Waals surface area contributed by atoms with Gasteiger partial charge in [0, 0.05) is 17.9 Å². The highest BCUT2D eigenvalue weighted by molar-refractivity contribution is 9.09. The molecular formula is C15H28BrNO2. The summed E-state index contributed by atoms with van der Waals surface area (Å²) in [6.45, 7) is 9.66. The van der Waals surface area contributed by atoms with Gasteiger partial charge < -0.3 is 9.64 Å². The molecule has 4 heteroatoms. The maximum atomic E-state index is 12.0. The van der Waals surface area contributed by atoms with Crippen LogP contribution in [0.4, 0.5) is 4.79 Å². The minimum atomic E-state index is -0.393. The molecule has 0 aromatic rings. The van der Waals surface area contributed by atoms with E-state index in [9.17, 15) is 4.79 Å². The summed E-state index contributed by atoms with van der Waals surface area (Å²) in [5.74, 6) is 0.646. The van der Waals surface area contributed by atoms with Crippen molar-refractivity contribution < 1.29 is 9.53 Å². The Hall–Kier alpha value is -0.250. The average molecular weight is 334 g/mol. The van der Waals surface area contributed by atoms with E-state index in [0.717, 1.165) is 19.5 Å². The fourth-order valence-electron chi connectivity index (χ4n) is 2.48. The number of alkyl halides is 1. The first-order valence-electron chi connectivity index (χ1n) is 7.40. The van der Waals surface area contributed by atoms with Crippen LogP contribution in [0.15, 0.2) is 0 Å². The number of halogens is 1. The zero-order chi connectivity index (χ0) is 14.5. The number of piperidine rings is 1. The van der Waals surface area contributed by atoms with E-state index in [-0.39, 0.29) is 6.09 Å². The van der Waals surface area contributed by atoms with Crippen molar-refractivity contribution in [2.24, 2.45) is 5.92 Å². The van der Waals surface area contributed by atoms with Crippen molar-refractivity contribution in [2.75, 3.05) is 13.1 Å². The Labute approximate surface area is 126 Å². The van der Waals surface area contributed by atoms with Crippen LogP contribution in [0.25, 0.3) is 0 Å². The second-order valence-corrected chi connectivity index (χ2v) is 8.21. The number of nitrogens with zero attached hydrogens (tertiary/aromatic N) is 1. The molecule has 1 aliphatic rings. The van der Waals surface area contributed by atoms with E-state index >= 15 is 0 Å². The van der Waals surface area contributed by atoms with Gasteiger partial charge in [-0.2, -0.15) is 0 Å². The number of rotatable bonds is 4. The predicted octanol–water partition coefficient (Wildman–Crippen LogP) is 4.59. The number of hydrogen-bond donors (Lipinski definition) is 0. The number of carbonyl (C=O) groups excluding carboxylic acids is 1. The predicted molar refractivity (Wildman–Crippen MR) is 82.8 cm³/mol. The lowest BCUT2D eigenvalue weighted by atomic mass is 9.93. The van der Waals surface area contributed by atoms with Crippen LogP contribution in [0.1, 0.15) is 59.8 Å². The summed E-state index contributed by atoms with van der Waals surface area (Å²) in [6, 6.07) is 0. The number of carbonyl (C=O) groups is 1. The van der Waals surface area contributed by atoms with Crippen LogP contribution in [0.5, 0.6) is 0 Å². The molecule has 3 nitrogen and oxygen atoms in total. The van der Waals surface area contributed by atoms with Gasteiger partial charge in [0.25, 0.3) is 0 Å². The van der Waals surface area contributed by atoms with Crippen LogP contribution < -0.4 is 0 Å². The molecule has 0 radical (unpaired) electrons. The van der Waals surface area contributed by atoms with E-state index in [1.165, 1.54) is 25.7 Å². The smallest absolute Gasteiger partial charge is 0.410 e. The van der Waals surface area contributed by atoms with E-state index in [1.54, 1.807) is 0 Å². The Morgan fingerprint density at radius 2 is 2.16 bits per heavy atom. The molecule has 112 valence electrons. The highest BCUT2D eigenvalue weighted by atomic mass is 79.9. The monoisotopic (exact) mass is 333 g/mol. The normalized spacial score (nSPS) is 22.2.